The first-order valence-electron chi connectivity index (χ1n) is 3.95. The second-order valence-electron chi connectivity index (χ2n) is 3.85. The molecule has 0 saturated carbocycles. The number of hydrogen-bond donors (Lipinski definition) is 0. The molecule has 2 heteroatoms. The maximum Gasteiger partial charge on any atom is 0.0857 e. The van der Waals surface area contributed by atoms with E-state index in [4.69, 9.17) is 0 Å². The van der Waals surface area contributed by atoms with Crippen molar-refractivity contribution in [3.8, 4) is 0 Å². The summed E-state index contributed by atoms with van der Waals surface area (Å²) in [4.78, 5) is 0. The van der Waals surface area contributed by atoms with Gasteiger partial charge < -0.3 is 28.5 Å². The molecule has 1 fully saturated rings. The Balaban J connectivity index is 0.000000810. The van der Waals surface area contributed by atoms with E-state index in [0.717, 1.165) is 6.04 Å². The largest absolute Gasteiger partial charge is 1.00 e. The molecule has 1 heterocycles. The summed E-state index contributed by atoms with van der Waals surface area (Å²) in [6, 6.07) is 0.888. The van der Waals surface area contributed by atoms with Gasteiger partial charge in [-0.25, -0.2) is 0 Å². The van der Waals surface area contributed by atoms with Gasteiger partial charge in [-0.3, -0.25) is 0 Å². The number of quaternary nitrogens is 1. The van der Waals surface area contributed by atoms with Gasteiger partial charge in [0.15, 0.2) is 0 Å². The van der Waals surface area contributed by atoms with E-state index in [9.17, 15) is 0 Å². The number of halogens is 1. The fourth-order valence-electron chi connectivity index (χ4n) is 1.53. The lowest BCUT2D eigenvalue weighted by atomic mass is 10.0. The van der Waals surface area contributed by atoms with E-state index in [0.29, 0.717) is 0 Å². The summed E-state index contributed by atoms with van der Waals surface area (Å²) in [5, 5.41) is 0. The first-order chi connectivity index (χ1) is 4.13. The molecule has 0 amide bonds. The van der Waals surface area contributed by atoms with E-state index < -0.39 is 0 Å². The van der Waals surface area contributed by atoms with Gasteiger partial charge >= 0.3 is 0 Å². The monoisotopic (exact) mass is 255 g/mol. The second-order valence-corrected chi connectivity index (χ2v) is 3.85. The maximum atomic E-state index is 2.36. The molecule has 1 rings (SSSR count). The minimum absolute atomic E-state index is 0. The first kappa shape index (κ1) is 10.7. The van der Waals surface area contributed by atoms with Gasteiger partial charge in [0.2, 0.25) is 0 Å². The van der Waals surface area contributed by atoms with Gasteiger partial charge in [-0.2, -0.15) is 0 Å². The Hall–Kier alpha value is 0.690. The molecule has 1 saturated heterocycles. The summed E-state index contributed by atoms with van der Waals surface area (Å²) in [6.45, 7) is 3.74. The first-order valence-corrected chi connectivity index (χ1v) is 3.95. The molecule has 1 atom stereocenters. The van der Waals surface area contributed by atoms with Crippen LogP contribution in [0.2, 0.25) is 0 Å². The van der Waals surface area contributed by atoms with E-state index in [1.54, 1.807) is 0 Å². The molecule has 0 spiro atoms. The van der Waals surface area contributed by atoms with Crippen LogP contribution in [0.5, 0.6) is 0 Å². The van der Waals surface area contributed by atoms with Gasteiger partial charge in [-0.05, 0) is 26.2 Å². The van der Waals surface area contributed by atoms with Crippen molar-refractivity contribution in [1.29, 1.82) is 0 Å². The molecule has 0 bridgehead atoms. The molecule has 62 valence electrons. The molecule has 0 aromatic carbocycles. The quantitative estimate of drug-likeness (QED) is 0.370. The zero-order valence-electron chi connectivity index (χ0n) is 7.23. The summed E-state index contributed by atoms with van der Waals surface area (Å²) in [6.07, 6.45) is 4.30. The Kier molecular flexibility index (Phi) is 4.17. The molecular weight excluding hydrogens is 237 g/mol. The highest BCUT2D eigenvalue weighted by molar-refractivity contribution is 4.57. The summed E-state index contributed by atoms with van der Waals surface area (Å²) in [5.74, 6) is 0. The van der Waals surface area contributed by atoms with Crippen LogP contribution >= 0.6 is 0 Å². The summed E-state index contributed by atoms with van der Waals surface area (Å²) < 4.78 is 1.24. The molecule has 1 aliphatic rings. The van der Waals surface area contributed by atoms with Crippen molar-refractivity contribution >= 4 is 0 Å². The average Bonchev–Trinajstić information content (AvgIpc) is 1.77. The highest BCUT2D eigenvalue weighted by Crippen LogP contribution is 2.20. The van der Waals surface area contributed by atoms with Crippen molar-refractivity contribution in [3.05, 3.63) is 0 Å². The predicted molar refractivity (Wildman–Crippen MR) is 40.3 cm³/mol. The van der Waals surface area contributed by atoms with Crippen molar-refractivity contribution in [3.63, 3.8) is 0 Å². The van der Waals surface area contributed by atoms with Gasteiger partial charge in [-0.1, -0.05) is 0 Å². The van der Waals surface area contributed by atoms with Gasteiger partial charge in [0.1, 0.15) is 0 Å². The van der Waals surface area contributed by atoms with E-state index in [1.807, 2.05) is 0 Å². The Labute approximate surface area is 81.4 Å². The third kappa shape index (κ3) is 2.38. The summed E-state index contributed by atoms with van der Waals surface area (Å²) in [5.41, 5.74) is 0. The lowest BCUT2D eigenvalue weighted by molar-refractivity contribution is -0.918. The number of rotatable bonds is 0. The predicted octanol–water partition coefficient (Wildman–Crippen LogP) is -1.36. The van der Waals surface area contributed by atoms with E-state index in [2.05, 4.69) is 21.0 Å². The fraction of sp³-hybridized carbons (Fsp3) is 1.00. The van der Waals surface area contributed by atoms with Crippen LogP contribution in [0.15, 0.2) is 0 Å². The lowest BCUT2D eigenvalue weighted by Gasteiger charge is -2.39. The molecule has 0 aromatic rings. The number of nitrogens with zero attached hydrogens (tertiary/aromatic N) is 1. The minimum Gasteiger partial charge on any atom is -1.00 e. The Morgan fingerprint density at radius 2 is 1.80 bits per heavy atom. The second kappa shape index (κ2) is 3.90. The molecule has 0 N–H and O–H groups in total. The molecular formula is C8H18IN. The third-order valence-electron chi connectivity index (χ3n) is 2.80. The van der Waals surface area contributed by atoms with Gasteiger partial charge in [0.25, 0.3) is 0 Å². The van der Waals surface area contributed by atoms with Crippen molar-refractivity contribution in [2.24, 2.45) is 0 Å². The average molecular weight is 255 g/mol. The molecule has 0 aromatic heterocycles. The molecule has 0 aliphatic carbocycles. The van der Waals surface area contributed by atoms with Crippen LogP contribution in [0.3, 0.4) is 0 Å². The highest BCUT2D eigenvalue weighted by atomic mass is 127. The van der Waals surface area contributed by atoms with Crippen LogP contribution in [-0.2, 0) is 0 Å². The molecule has 1 nitrogen and oxygen atoms in total. The van der Waals surface area contributed by atoms with Crippen molar-refractivity contribution in [2.45, 2.75) is 32.2 Å². The molecule has 10 heavy (non-hydrogen) atoms. The highest BCUT2D eigenvalue weighted by Gasteiger charge is 2.26. The van der Waals surface area contributed by atoms with Crippen molar-refractivity contribution in [1.82, 2.24) is 0 Å². The van der Waals surface area contributed by atoms with Crippen LogP contribution in [0.4, 0.5) is 0 Å². The molecule has 1 aliphatic heterocycles. The topological polar surface area (TPSA) is 0 Å². The maximum absolute atomic E-state index is 2.36. The van der Waals surface area contributed by atoms with Gasteiger partial charge in [0, 0.05) is 0 Å². The van der Waals surface area contributed by atoms with Gasteiger partial charge in [-0.15, -0.1) is 0 Å². The van der Waals surface area contributed by atoms with E-state index in [1.165, 1.54) is 30.3 Å². The molecule has 0 radical (unpaired) electrons. The van der Waals surface area contributed by atoms with E-state index >= 15 is 0 Å². The lowest BCUT2D eigenvalue weighted by Crippen LogP contribution is -3.00. The normalized spacial score (nSPS) is 30.9. The number of hydrogen-bond acceptors (Lipinski definition) is 0. The Morgan fingerprint density at radius 1 is 1.20 bits per heavy atom. The smallest absolute Gasteiger partial charge is 0.0857 e. The zero-order valence-corrected chi connectivity index (χ0v) is 9.39. The van der Waals surface area contributed by atoms with Crippen molar-refractivity contribution < 1.29 is 28.5 Å². The SMILES string of the molecule is CC1CCCC[N+]1(C)C.[I-]. The van der Waals surface area contributed by atoms with Crippen LogP contribution in [0, 0.1) is 0 Å². The third-order valence-corrected chi connectivity index (χ3v) is 2.80. The summed E-state index contributed by atoms with van der Waals surface area (Å²) >= 11 is 0. The Morgan fingerprint density at radius 3 is 2.10 bits per heavy atom. The van der Waals surface area contributed by atoms with Crippen LogP contribution in [-0.4, -0.2) is 31.2 Å². The van der Waals surface area contributed by atoms with Gasteiger partial charge in [0.05, 0.1) is 26.7 Å². The number of likely N-dealkylation sites (tertiary alicyclic amines) is 1. The number of piperidine rings is 1. The van der Waals surface area contributed by atoms with Crippen LogP contribution < -0.4 is 24.0 Å². The summed E-state index contributed by atoms with van der Waals surface area (Å²) in [7, 11) is 4.67. The van der Waals surface area contributed by atoms with Crippen molar-refractivity contribution in [2.75, 3.05) is 20.6 Å². The molecule has 1 unspecified atom stereocenters. The zero-order chi connectivity index (χ0) is 6.91. The minimum atomic E-state index is 0. The standard InChI is InChI=1S/C8H18N.HI/c1-8-6-4-5-7-9(8,2)3;/h8H,4-7H2,1-3H3;1H/q+1;/p-1. The Bertz CT molecular complexity index is 101. The van der Waals surface area contributed by atoms with Crippen LogP contribution in [0.25, 0.3) is 0 Å². The van der Waals surface area contributed by atoms with E-state index in [-0.39, 0.29) is 24.0 Å². The van der Waals surface area contributed by atoms with Crippen LogP contribution in [0.1, 0.15) is 26.2 Å². The fourth-order valence-corrected chi connectivity index (χ4v) is 1.53.